The molecule has 0 aliphatic heterocycles. The van der Waals surface area contributed by atoms with Crippen LogP contribution in [0.3, 0.4) is 0 Å². The number of hydrogen-bond donors (Lipinski definition) is 1. The summed E-state index contributed by atoms with van der Waals surface area (Å²) in [5.74, 6) is 0.128. The van der Waals surface area contributed by atoms with E-state index < -0.39 is 11.6 Å². The molecule has 108 valence electrons. The number of amides is 1. The van der Waals surface area contributed by atoms with E-state index in [4.69, 9.17) is 10.00 Å². The van der Waals surface area contributed by atoms with Crippen LogP contribution in [0.4, 0.5) is 0 Å². The maximum atomic E-state index is 12.3. The van der Waals surface area contributed by atoms with Gasteiger partial charge in [0.2, 0.25) is 0 Å². The molecule has 1 unspecified atom stereocenters. The lowest BCUT2D eigenvalue weighted by molar-refractivity contribution is -0.142. The third kappa shape index (κ3) is 3.49. The van der Waals surface area contributed by atoms with E-state index in [1.54, 1.807) is 52.1 Å². The van der Waals surface area contributed by atoms with Gasteiger partial charge in [-0.15, -0.1) is 0 Å². The van der Waals surface area contributed by atoms with Crippen molar-refractivity contribution in [2.24, 2.45) is 0 Å². The highest BCUT2D eigenvalue weighted by atomic mass is 16.5. The van der Waals surface area contributed by atoms with E-state index in [1.165, 1.54) is 4.90 Å². The van der Waals surface area contributed by atoms with Gasteiger partial charge in [0.05, 0.1) is 17.7 Å². The Kier molecular flexibility index (Phi) is 5.12. The highest BCUT2D eigenvalue weighted by molar-refractivity contribution is 5.81. The van der Waals surface area contributed by atoms with E-state index in [-0.39, 0.29) is 12.5 Å². The Balaban J connectivity index is 2.84. The van der Waals surface area contributed by atoms with Crippen LogP contribution in [0.5, 0.6) is 5.75 Å². The van der Waals surface area contributed by atoms with Crippen molar-refractivity contribution in [1.82, 2.24) is 4.90 Å². The van der Waals surface area contributed by atoms with Crippen molar-refractivity contribution in [2.45, 2.75) is 32.4 Å². The molecule has 0 saturated heterocycles. The molecular formula is C15H20N2O3. The van der Waals surface area contributed by atoms with E-state index in [2.05, 4.69) is 0 Å². The number of ether oxygens (including phenoxy) is 1. The van der Waals surface area contributed by atoms with Crippen molar-refractivity contribution in [3.63, 3.8) is 0 Å². The van der Waals surface area contributed by atoms with Crippen LogP contribution in [0.15, 0.2) is 24.3 Å². The van der Waals surface area contributed by atoms with Gasteiger partial charge in [-0.25, -0.2) is 0 Å². The van der Waals surface area contributed by atoms with Gasteiger partial charge in [0.1, 0.15) is 11.8 Å². The van der Waals surface area contributed by atoms with E-state index in [0.29, 0.717) is 11.3 Å². The smallest absolute Gasteiger partial charge is 0.263 e. The van der Waals surface area contributed by atoms with Gasteiger partial charge in [0.15, 0.2) is 6.10 Å². The zero-order valence-electron chi connectivity index (χ0n) is 12.3. The van der Waals surface area contributed by atoms with Crippen LogP contribution in [-0.2, 0) is 4.79 Å². The summed E-state index contributed by atoms with van der Waals surface area (Å²) in [5, 5.41) is 18.3. The molecule has 1 N–H and O–H groups in total. The number of carbonyl (C=O) groups excluding carboxylic acids is 1. The highest BCUT2D eigenvalue weighted by Crippen LogP contribution is 2.20. The van der Waals surface area contributed by atoms with Crippen molar-refractivity contribution < 1.29 is 14.6 Å². The summed E-state index contributed by atoms with van der Waals surface area (Å²) in [5.41, 5.74) is -0.278. The summed E-state index contributed by atoms with van der Waals surface area (Å²) >= 11 is 0. The summed E-state index contributed by atoms with van der Waals surface area (Å²) in [7, 11) is 1.62. The Morgan fingerprint density at radius 2 is 2.10 bits per heavy atom. The summed E-state index contributed by atoms with van der Waals surface area (Å²) in [6.07, 6.45) is -0.736. The topological polar surface area (TPSA) is 73.6 Å². The molecule has 1 aromatic carbocycles. The molecule has 0 aromatic heterocycles. The molecule has 0 spiro atoms. The van der Waals surface area contributed by atoms with Gasteiger partial charge in [-0.05, 0) is 32.9 Å². The minimum atomic E-state index is -0.736. The van der Waals surface area contributed by atoms with E-state index in [9.17, 15) is 9.90 Å². The van der Waals surface area contributed by atoms with Crippen LogP contribution in [0.1, 0.15) is 26.3 Å². The van der Waals surface area contributed by atoms with Gasteiger partial charge >= 0.3 is 0 Å². The number of para-hydroxylation sites is 1. The molecule has 1 aromatic rings. The van der Waals surface area contributed by atoms with Crippen LogP contribution in [0, 0.1) is 11.3 Å². The fourth-order valence-corrected chi connectivity index (χ4v) is 1.58. The Hall–Kier alpha value is -2.06. The second-order valence-corrected chi connectivity index (χ2v) is 5.24. The fourth-order valence-electron chi connectivity index (χ4n) is 1.58. The van der Waals surface area contributed by atoms with Crippen molar-refractivity contribution >= 4 is 5.91 Å². The second-order valence-electron chi connectivity index (χ2n) is 5.24. The van der Waals surface area contributed by atoms with E-state index in [1.807, 2.05) is 6.07 Å². The number of benzene rings is 1. The lowest BCUT2D eigenvalue weighted by Gasteiger charge is -2.35. The molecule has 0 heterocycles. The predicted molar refractivity (Wildman–Crippen MR) is 75.2 cm³/mol. The highest BCUT2D eigenvalue weighted by Gasteiger charge is 2.30. The van der Waals surface area contributed by atoms with E-state index >= 15 is 0 Å². The van der Waals surface area contributed by atoms with Crippen molar-refractivity contribution in [3.05, 3.63) is 29.8 Å². The number of nitriles is 1. The summed E-state index contributed by atoms with van der Waals surface area (Å²) < 4.78 is 5.56. The minimum absolute atomic E-state index is 0.142. The van der Waals surface area contributed by atoms with Crippen molar-refractivity contribution in [1.29, 1.82) is 5.26 Å². The molecule has 5 heteroatoms. The third-order valence-electron chi connectivity index (χ3n) is 3.28. The second kappa shape index (κ2) is 6.40. The number of carbonyl (C=O) groups is 1. The van der Waals surface area contributed by atoms with Gasteiger partial charge < -0.3 is 14.7 Å². The van der Waals surface area contributed by atoms with Gasteiger partial charge in [-0.1, -0.05) is 12.1 Å². The maximum Gasteiger partial charge on any atom is 0.263 e. The molecule has 1 atom stereocenters. The first kappa shape index (κ1) is 16.0. The number of hydrogen-bond acceptors (Lipinski definition) is 4. The standard InChI is InChI=1S/C15H20N2O3/c1-11(14(19)17(4)15(2,3)10-18)20-13-8-6-5-7-12(13)9-16/h5-8,11,18H,10H2,1-4H3. The van der Waals surface area contributed by atoms with Crippen LogP contribution < -0.4 is 4.74 Å². The first-order valence-corrected chi connectivity index (χ1v) is 6.38. The molecular weight excluding hydrogens is 256 g/mol. The molecule has 0 bridgehead atoms. The minimum Gasteiger partial charge on any atom is -0.480 e. The molecule has 0 aliphatic rings. The fraction of sp³-hybridized carbons (Fsp3) is 0.467. The number of likely N-dealkylation sites (N-methyl/N-ethyl adjacent to an activating group) is 1. The van der Waals surface area contributed by atoms with Crippen molar-refractivity contribution in [2.75, 3.05) is 13.7 Å². The summed E-state index contributed by atoms with van der Waals surface area (Å²) in [4.78, 5) is 13.7. The number of aliphatic hydroxyl groups excluding tert-OH is 1. The van der Waals surface area contributed by atoms with Crippen LogP contribution >= 0.6 is 0 Å². The van der Waals surface area contributed by atoms with Crippen LogP contribution in [0.2, 0.25) is 0 Å². The molecule has 0 radical (unpaired) electrons. The Morgan fingerprint density at radius 3 is 2.65 bits per heavy atom. The molecule has 5 nitrogen and oxygen atoms in total. The van der Waals surface area contributed by atoms with E-state index in [0.717, 1.165) is 0 Å². The number of nitrogens with zero attached hydrogens (tertiary/aromatic N) is 2. The Bertz CT molecular complexity index is 520. The van der Waals surface area contributed by atoms with Crippen LogP contribution in [-0.4, -0.2) is 41.2 Å². The average molecular weight is 276 g/mol. The van der Waals surface area contributed by atoms with Crippen molar-refractivity contribution in [3.8, 4) is 11.8 Å². The van der Waals surface area contributed by atoms with Gasteiger partial charge in [-0.3, -0.25) is 4.79 Å². The lowest BCUT2D eigenvalue weighted by atomic mass is 10.0. The lowest BCUT2D eigenvalue weighted by Crippen LogP contribution is -2.51. The quantitative estimate of drug-likeness (QED) is 0.885. The molecule has 0 aliphatic carbocycles. The normalized spacial score (nSPS) is 12.4. The van der Waals surface area contributed by atoms with Crippen LogP contribution in [0.25, 0.3) is 0 Å². The number of aliphatic hydroxyl groups is 1. The third-order valence-corrected chi connectivity index (χ3v) is 3.28. The summed E-state index contributed by atoms with van der Waals surface area (Å²) in [6, 6.07) is 8.79. The maximum absolute atomic E-state index is 12.3. The van der Waals surface area contributed by atoms with Gasteiger partial charge in [0, 0.05) is 7.05 Å². The Labute approximate surface area is 119 Å². The monoisotopic (exact) mass is 276 g/mol. The largest absolute Gasteiger partial charge is 0.480 e. The molecule has 0 fully saturated rings. The molecule has 1 rings (SSSR count). The molecule has 20 heavy (non-hydrogen) atoms. The first-order chi connectivity index (χ1) is 9.33. The first-order valence-electron chi connectivity index (χ1n) is 6.38. The molecule has 0 saturated carbocycles. The molecule has 1 amide bonds. The average Bonchev–Trinajstić information content (AvgIpc) is 2.46. The number of rotatable bonds is 5. The van der Waals surface area contributed by atoms with Gasteiger partial charge in [-0.2, -0.15) is 5.26 Å². The SMILES string of the molecule is CC(Oc1ccccc1C#N)C(=O)N(C)C(C)(C)CO. The zero-order valence-corrected chi connectivity index (χ0v) is 12.3. The zero-order chi connectivity index (χ0) is 15.3. The summed E-state index contributed by atoms with van der Waals surface area (Å²) in [6.45, 7) is 5.01. The predicted octanol–water partition coefficient (Wildman–Crippen LogP) is 1.55. The Morgan fingerprint density at radius 1 is 1.50 bits per heavy atom. The van der Waals surface area contributed by atoms with Gasteiger partial charge in [0.25, 0.3) is 5.91 Å².